The van der Waals surface area contributed by atoms with Gasteiger partial charge in [0.2, 0.25) is 0 Å². The molecule has 0 bridgehead atoms. The summed E-state index contributed by atoms with van der Waals surface area (Å²) in [6.45, 7) is 16.1. The molecule has 0 aromatic heterocycles. The Hall–Kier alpha value is -1.39. The van der Waals surface area contributed by atoms with Crippen molar-refractivity contribution < 1.29 is 83.9 Å². The molecule has 17 heteroatoms. The minimum atomic E-state index is -1.75. The second-order valence-electron chi connectivity index (χ2n) is 22.5. The van der Waals surface area contributed by atoms with Gasteiger partial charge in [-0.1, -0.05) is 40.2 Å². The molecule has 4 heterocycles. The van der Waals surface area contributed by atoms with Gasteiger partial charge in [0, 0.05) is 12.3 Å². The van der Waals surface area contributed by atoms with E-state index in [2.05, 4.69) is 34.6 Å². The second-order valence-corrected chi connectivity index (χ2v) is 22.5. The van der Waals surface area contributed by atoms with Gasteiger partial charge < -0.3 is 79.1 Å². The molecular weight excluding hydrogens is 836 g/mol. The molecule has 4 aliphatic carbocycles. The first-order chi connectivity index (χ1) is 29.9. The van der Waals surface area contributed by atoms with Gasteiger partial charge in [-0.05, 0) is 118 Å². The highest BCUT2D eigenvalue weighted by atomic mass is 16.8. The molecule has 0 spiro atoms. The Labute approximate surface area is 376 Å². The third-order valence-electron chi connectivity index (χ3n) is 18.5. The molecule has 17 nitrogen and oxygen atoms in total. The Bertz CT molecular complexity index is 1730. The maximum Gasteiger partial charge on any atom is 0.339 e. The molecule has 8 aliphatic rings. The van der Waals surface area contributed by atoms with Crippen LogP contribution in [-0.2, 0) is 38.0 Å². The zero-order chi connectivity index (χ0) is 46.6. The molecule has 366 valence electrons. The van der Waals surface area contributed by atoms with Gasteiger partial charge in [-0.15, -0.1) is 0 Å². The maximum absolute atomic E-state index is 13.4. The summed E-state index contributed by atoms with van der Waals surface area (Å²) >= 11 is 0. The summed E-state index contributed by atoms with van der Waals surface area (Å²) < 4.78 is 42.9. The van der Waals surface area contributed by atoms with Crippen LogP contribution in [0.15, 0.2) is 11.6 Å². The van der Waals surface area contributed by atoms with Crippen LogP contribution in [0.5, 0.6) is 0 Å². The van der Waals surface area contributed by atoms with Crippen molar-refractivity contribution in [2.24, 2.45) is 45.3 Å². The molecule has 1 unspecified atom stereocenters. The predicted molar refractivity (Wildman–Crippen MR) is 224 cm³/mol. The summed E-state index contributed by atoms with van der Waals surface area (Å²) in [5.41, 5.74) is -1.21. The van der Waals surface area contributed by atoms with E-state index in [1.54, 1.807) is 0 Å². The Kier molecular flexibility index (Phi) is 13.4. The van der Waals surface area contributed by atoms with E-state index in [1.807, 2.05) is 19.9 Å². The van der Waals surface area contributed by atoms with E-state index in [9.17, 15) is 50.8 Å². The average molecular weight is 913 g/mol. The van der Waals surface area contributed by atoms with Gasteiger partial charge in [0.1, 0.15) is 67.1 Å². The third-order valence-corrected chi connectivity index (χ3v) is 18.5. The smallest absolute Gasteiger partial charge is 0.339 e. The topological polar surface area (TPSA) is 264 Å². The van der Waals surface area contributed by atoms with Gasteiger partial charge >= 0.3 is 5.97 Å². The lowest BCUT2D eigenvalue weighted by atomic mass is 9.35. The molecule has 0 aromatic rings. The number of hydrogen-bond donors (Lipinski definition) is 9. The zero-order valence-electron chi connectivity index (χ0n) is 38.7. The molecule has 8 rings (SSSR count). The monoisotopic (exact) mass is 913 g/mol. The molecule has 0 aromatic carbocycles. The van der Waals surface area contributed by atoms with E-state index in [1.165, 1.54) is 6.92 Å². The van der Waals surface area contributed by atoms with E-state index < -0.39 is 128 Å². The summed E-state index contributed by atoms with van der Waals surface area (Å²) in [6, 6.07) is 0. The van der Waals surface area contributed by atoms with Gasteiger partial charge in [0.05, 0.1) is 25.4 Å². The van der Waals surface area contributed by atoms with Crippen molar-refractivity contribution in [3.8, 4) is 0 Å². The van der Waals surface area contributed by atoms with Crippen molar-refractivity contribution >= 4 is 5.97 Å². The van der Waals surface area contributed by atoms with Crippen LogP contribution >= 0.6 is 0 Å². The van der Waals surface area contributed by atoms with Crippen molar-refractivity contribution in [3.63, 3.8) is 0 Å². The lowest BCUT2D eigenvalue weighted by Crippen LogP contribution is -2.67. The summed E-state index contributed by atoms with van der Waals surface area (Å²) in [5.74, 6) is 0.0297. The van der Waals surface area contributed by atoms with Crippen molar-refractivity contribution in [1.29, 1.82) is 0 Å². The van der Waals surface area contributed by atoms with E-state index in [0.717, 1.165) is 50.5 Å². The van der Waals surface area contributed by atoms with Crippen LogP contribution in [0.3, 0.4) is 0 Å². The van der Waals surface area contributed by atoms with Crippen molar-refractivity contribution in [3.05, 3.63) is 11.6 Å². The van der Waals surface area contributed by atoms with Gasteiger partial charge in [0.15, 0.2) is 24.5 Å². The van der Waals surface area contributed by atoms with Crippen molar-refractivity contribution in [2.45, 2.75) is 217 Å². The molecular formula is C47H76O17. The SMILES string of the molecule is CC(C)=C[C@@H]1C[C@](O)([C@H]2CC[C@]3(C)C2CC[C@@H]2[C@@]4(C)CC[C@H](O[C@@H]5O[C@H](CO)[C@@H](O)[C@H](O[C@@H]6OC[C@@H](O)[C@H](O)[C@H]6O)[C@H]5O[C@@H]5O[C@@H](C)[C@H](O)[C@@H](O)[C@H]5O)C(C)(C)[C@@H]4CC[C@]23C)C(=O)O1. The van der Waals surface area contributed by atoms with Crippen LogP contribution in [0.2, 0.25) is 0 Å². The van der Waals surface area contributed by atoms with Gasteiger partial charge in [-0.25, -0.2) is 4.79 Å². The van der Waals surface area contributed by atoms with Crippen LogP contribution in [0.4, 0.5) is 0 Å². The number of carbonyl (C=O) groups is 1. The molecule has 8 fully saturated rings. The highest BCUT2D eigenvalue weighted by Crippen LogP contribution is 2.76. The molecule has 0 radical (unpaired) electrons. The fraction of sp³-hybridized carbons (Fsp3) is 0.936. The van der Waals surface area contributed by atoms with E-state index in [4.69, 9.17) is 33.2 Å². The Morgan fingerprint density at radius 1 is 0.703 bits per heavy atom. The normalized spacial score (nSPS) is 54.9. The fourth-order valence-electron chi connectivity index (χ4n) is 14.9. The summed E-state index contributed by atoms with van der Waals surface area (Å²) in [7, 11) is 0. The highest BCUT2D eigenvalue weighted by molar-refractivity contribution is 5.82. The average Bonchev–Trinajstić information content (AvgIpc) is 3.74. The van der Waals surface area contributed by atoms with Crippen LogP contribution in [0.1, 0.15) is 113 Å². The summed E-state index contributed by atoms with van der Waals surface area (Å²) in [4.78, 5) is 13.4. The molecule has 9 N–H and O–H groups in total. The number of cyclic esters (lactones) is 1. The molecule has 64 heavy (non-hydrogen) atoms. The number of hydrogen-bond acceptors (Lipinski definition) is 17. The molecule has 4 saturated heterocycles. The number of ether oxygens (including phenoxy) is 7. The van der Waals surface area contributed by atoms with Crippen LogP contribution in [0, 0.1) is 45.3 Å². The standard InChI is InChI=1S/C47H76O17/c1-21(2)17-23-18-47(57,42(56)60-23)25-11-15-45(7)24(25)9-10-29-44(6)14-13-30(43(4,5)28(44)12-16-46(29,45)8)62-41-38(64-40-36(55)34(53)31(50)22(3)59-40)37(33(52)27(19-48)61-41)63-39-35(54)32(51)26(49)20-58-39/h17,22-41,48-55,57H,9-16,18-20H2,1-8H3/t22-,23+,24?,25-,26+,27+,28-,29+,30-,31-,32-,33+,34+,35+,36+,37-,38+,39-,40-,41-,44-,45+,46+,47-/m0/s1. The molecule has 4 saturated carbocycles. The zero-order valence-corrected chi connectivity index (χ0v) is 38.7. The first kappa shape index (κ1) is 49.0. The first-order valence-electron chi connectivity index (χ1n) is 23.8. The minimum Gasteiger partial charge on any atom is -0.456 e. The number of rotatable bonds is 9. The van der Waals surface area contributed by atoms with Crippen molar-refractivity contribution in [2.75, 3.05) is 13.2 Å². The lowest BCUT2D eigenvalue weighted by Gasteiger charge is -2.70. The number of esters is 1. The number of carbonyl (C=O) groups excluding carboxylic acids is 1. The van der Waals surface area contributed by atoms with Crippen LogP contribution in [0.25, 0.3) is 0 Å². The van der Waals surface area contributed by atoms with E-state index in [-0.39, 0.29) is 40.4 Å². The lowest BCUT2D eigenvalue weighted by molar-refractivity contribution is -0.395. The summed E-state index contributed by atoms with van der Waals surface area (Å²) in [6.07, 6.45) is -12.9. The number of aliphatic hydroxyl groups is 9. The minimum absolute atomic E-state index is 0.0657. The Balaban J connectivity index is 1.05. The van der Waals surface area contributed by atoms with Crippen molar-refractivity contribution in [1.82, 2.24) is 0 Å². The quantitative estimate of drug-likeness (QED) is 0.0894. The van der Waals surface area contributed by atoms with Gasteiger partial charge in [-0.2, -0.15) is 0 Å². The van der Waals surface area contributed by atoms with Gasteiger partial charge in [-0.3, -0.25) is 0 Å². The van der Waals surface area contributed by atoms with E-state index >= 15 is 0 Å². The molecule has 4 aliphatic heterocycles. The highest BCUT2D eigenvalue weighted by Gasteiger charge is 2.71. The summed E-state index contributed by atoms with van der Waals surface area (Å²) in [5, 5.41) is 97.9. The Morgan fingerprint density at radius 2 is 1.38 bits per heavy atom. The predicted octanol–water partition coefficient (Wildman–Crippen LogP) is 1.18. The molecule has 0 amide bonds. The number of fused-ring (bicyclic) bond motifs is 5. The second kappa shape index (κ2) is 17.5. The maximum atomic E-state index is 13.4. The van der Waals surface area contributed by atoms with E-state index in [0.29, 0.717) is 12.3 Å². The van der Waals surface area contributed by atoms with Crippen LogP contribution in [-0.4, -0.2) is 169 Å². The fourth-order valence-corrected chi connectivity index (χ4v) is 14.9. The largest absolute Gasteiger partial charge is 0.456 e. The number of allylic oxidation sites excluding steroid dienone is 1. The third kappa shape index (κ3) is 7.76. The van der Waals surface area contributed by atoms with Crippen LogP contribution < -0.4 is 0 Å². The van der Waals surface area contributed by atoms with Gasteiger partial charge in [0.25, 0.3) is 0 Å². The molecule has 24 atom stereocenters. The number of aliphatic hydroxyl groups excluding tert-OH is 8. The first-order valence-corrected chi connectivity index (χ1v) is 23.8. The Morgan fingerprint density at radius 3 is 2.06 bits per heavy atom.